The molecule has 0 aliphatic rings. The first-order chi connectivity index (χ1) is 8.62. The summed E-state index contributed by atoms with van der Waals surface area (Å²) in [6.45, 7) is -0.0207. The molecule has 0 aromatic heterocycles. The number of sulfone groups is 1. The van der Waals surface area contributed by atoms with Gasteiger partial charge in [0.15, 0.2) is 0 Å². The van der Waals surface area contributed by atoms with Crippen LogP contribution in [0, 0.1) is 5.82 Å². The van der Waals surface area contributed by atoms with Crippen molar-refractivity contribution in [1.29, 1.82) is 0 Å². The SMILES string of the molecule is CS(=O)(=O)CCCNS(=O)(=O)c1ccc(Br)c(F)c1. The standard InChI is InChI=1S/C10H13BrFNO4S2/c1-18(14,15)6-2-5-13-19(16,17)8-3-4-9(11)10(12)7-8/h3-4,7,13H,2,5-6H2,1H3. The van der Waals surface area contributed by atoms with Crippen LogP contribution in [0.4, 0.5) is 4.39 Å². The Morgan fingerprint density at radius 1 is 1.26 bits per heavy atom. The highest BCUT2D eigenvalue weighted by atomic mass is 79.9. The monoisotopic (exact) mass is 373 g/mol. The number of halogens is 2. The van der Waals surface area contributed by atoms with Crippen molar-refractivity contribution in [3.8, 4) is 0 Å². The minimum absolute atomic E-state index is 0.0207. The summed E-state index contributed by atoms with van der Waals surface area (Å²) in [7, 11) is -6.94. The minimum Gasteiger partial charge on any atom is -0.229 e. The Hall–Kier alpha value is -0.510. The van der Waals surface area contributed by atoms with Crippen LogP contribution in [0.25, 0.3) is 0 Å². The third-order valence-electron chi connectivity index (χ3n) is 2.19. The van der Waals surface area contributed by atoms with Gasteiger partial charge in [0.05, 0.1) is 15.1 Å². The molecule has 0 radical (unpaired) electrons. The average Bonchev–Trinajstić information content (AvgIpc) is 2.27. The summed E-state index contributed by atoms with van der Waals surface area (Å²) in [6.07, 6.45) is 1.24. The Morgan fingerprint density at radius 2 is 1.89 bits per heavy atom. The zero-order chi connectivity index (χ0) is 14.7. The van der Waals surface area contributed by atoms with Crippen LogP contribution in [0.15, 0.2) is 27.6 Å². The molecule has 0 atom stereocenters. The van der Waals surface area contributed by atoms with Gasteiger partial charge in [0, 0.05) is 12.8 Å². The van der Waals surface area contributed by atoms with E-state index in [2.05, 4.69) is 20.7 Å². The highest BCUT2D eigenvalue weighted by Gasteiger charge is 2.15. The summed E-state index contributed by atoms with van der Waals surface area (Å²) in [5.41, 5.74) is 0. The van der Waals surface area contributed by atoms with E-state index in [0.717, 1.165) is 12.3 Å². The molecule has 1 N–H and O–H groups in total. The molecule has 0 saturated carbocycles. The molecule has 1 aromatic rings. The first-order valence-electron chi connectivity index (χ1n) is 5.24. The lowest BCUT2D eigenvalue weighted by Crippen LogP contribution is -2.26. The summed E-state index contributed by atoms with van der Waals surface area (Å²) in [5.74, 6) is -0.788. The van der Waals surface area contributed by atoms with Crippen molar-refractivity contribution in [2.24, 2.45) is 0 Å². The predicted molar refractivity (Wildman–Crippen MR) is 73.6 cm³/mol. The zero-order valence-electron chi connectivity index (χ0n) is 10.1. The number of rotatable bonds is 6. The molecule has 5 nitrogen and oxygen atoms in total. The summed E-state index contributed by atoms with van der Waals surface area (Å²) in [6, 6.07) is 3.44. The largest absolute Gasteiger partial charge is 0.240 e. The van der Waals surface area contributed by atoms with E-state index >= 15 is 0 Å². The lowest BCUT2D eigenvalue weighted by molar-refractivity contribution is 0.573. The van der Waals surface area contributed by atoms with E-state index in [1.165, 1.54) is 12.1 Å². The zero-order valence-corrected chi connectivity index (χ0v) is 13.3. The first-order valence-corrected chi connectivity index (χ1v) is 9.58. The van der Waals surface area contributed by atoms with E-state index in [-0.39, 0.29) is 28.1 Å². The molecule has 9 heteroatoms. The van der Waals surface area contributed by atoms with E-state index < -0.39 is 25.7 Å². The van der Waals surface area contributed by atoms with Gasteiger partial charge in [0.25, 0.3) is 0 Å². The van der Waals surface area contributed by atoms with Crippen molar-refractivity contribution in [2.45, 2.75) is 11.3 Å². The quantitative estimate of drug-likeness (QED) is 0.762. The van der Waals surface area contributed by atoms with Crippen molar-refractivity contribution >= 4 is 35.8 Å². The fourth-order valence-electron chi connectivity index (χ4n) is 1.27. The third-order valence-corrected chi connectivity index (χ3v) is 5.32. The highest BCUT2D eigenvalue weighted by Crippen LogP contribution is 2.19. The molecule has 1 rings (SSSR count). The van der Waals surface area contributed by atoms with E-state index in [1.54, 1.807) is 0 Å². The summed E-state index contributed by atoms with van der Waals surface area (Å²) in [5, 5.41) is 0. The third kappa shape index (κ3) is 5.55. The Bertz CT molecular complexity index is 658. The van der Waals surface area contributed by atoms with Gasteiger partial charge in [-0.3, -0.25) is 0 Å². The van der Waals surface area contributed by atoms with Gasteiger partial charge >= 0.3 is 0 Å². The molecule has 0 fully saturated rings. The van der Waals surface area contributed by atoms with Gasteiger partial charge in [-0.1, -0.05) is 0 Å². The second-order valence-corrected chi connectivity index (χ2v) is 8.84. The molecule has 0 aliphatic heterocycles. The number of hydrogen-bond acceptors (Lipinski definition) is 4. The van der Waals surface area contributed by atoms with Crippen molar-refractivity contribution in [3.63, 3.8) is 0 Å². The lowest BCUT2D eigenvalue weighted by atomic mass is 10.3. The van der Waals surface area contributed by atoms with Crippen molar-refractivity contribution in [3.05, 3.63) is 28.5 Å². The molecule has 1 aromatic carbocycles. The smallest absolute Gasteiger partial charge is 0.229 e. The van der Waals surface area contributed by atoms with Gasteiger partial charge in [-0.2, -0.15) is 0 Å². The van der Waals surface area contributed by atoms with Crippen molar-refractivity contribution in [1.82, 2.24) is 4.72 Å². The average molecular weight is 374 g/mol. The van der Waals surface area contributed by atoms with E-state index in [4.69, 9.17) is 0 Å². The molecule has 0 saturated heterocycles. The fraction of sp³-hybridized carbons (Fsp3) is 0.400. The van der Waals surface area contributed by atoms with E-state index in [0.29, 0.717) is 0 Å². The molecule has 0 amide bonds. The topological polar surface area (TPSA) is 80.3 Å². The second kappa shape index (κ2) is 6.29. The molecule has 0 bridgehead atoms. The van der Waals surface area contributed by atoms with Crippen molar-refractivity contribution in [2.75, 3.05) is 18.6 Å². The fourth-order valence-corrected chi connectivity index (χ4v) is 3.27. The van der Waals surface area contributed by atoms with Gasteiger partial charge in [-0.25, -0.2) is 25.9 Å². The van der Waals surface area contributed by atoms with Gasteiger partial charge in [-0.05, 0) is 40.5 Å². The maximum absolute atomic E-state index is 13.2. The van der Waals surface area contributed by atoms with Gasteiger partial charge in [-0.15, -0.1) is 0 Å². The number of sulfonamides is 1. The Balaban J connectivity index is 2.68. The summed E-state index contributed by atoms with van der Waals surface area (Å²) < 4.78 is 60.9. The Labute approximate surface area is 120 Å². The molecule has 0 aliphatic carbocycles. The van der Waals surface area contributed by atoms with Gasteiger partial charge in [0.1, 0.15) is 15.7 Å². The van der Waals surface area contributed by atoms with Gasteiger partial charge in [0.2, 0.25) is 10.0 Å². The molecule has 108 valence electrons. The van der Waals surface area contributed by atoms with Crippen molar-refractivity contribution < 1.29 is 21.2 Å². The molecule has 0 heterocycles. The number of nitrogens with one attached hydrogen (secondary N) is 1. The second-order valence-electron chi connectivity index (χ2n) is 3.96. The highest BCUT2D eigenvalue weighted by molar-refractivity contribution is 9.10. The van der Waals surface area contributed by atoms with Crippen LogP contribution >= 0.6 is 15.9 Å². The number of hydrogen-bond donors (Lipinski definition) is 1. The predicted octanol–water partition coefficient (Wildman–Crippen LogP) is 1.30. The van der Waals surface area contributed by atoms with Gasteiger partial charge < -0.3 is 0 Å². The first kappa shape index (κ1) is 16.5. The molecular formula is C10H13BrFNO4S2. The van der Waals surface area contributed by atoms with Crippen LogP contribution in [0.5, 0.6) is 0 Å². The normalized spacial score (nSPS) is 12.6. The minimum atomic E-state index is -3.82. The molecule has 0 spiro atoms. The van der Waals surface area contributed by atoms with Crippen LogP contribution in [-0.2, 0) is 19.9 Å². The van der Waals surface area contributed by atoms with Crippen LogP contribution in [0.2, 0.25) is 0 Å². The van der Waals surface area contributed by atoms with Crippen LogP contribution in [0.1, 0.15) is 6.42 Å². The van der Waals surface area contributed by atoms with Crippen LogP contribution < -0.4 is 4.72 Å². The summed E-state index contributed by atoms with van der Waals surface area (Å²) >= 11 is 2.92. The Morgan fingerprint density at radius 3 is 2.42 bits per heavy atom. The Kier molecular flexibility index (Phi) is 5.48. The number of benzene rings is 1. The van der Waals surface area contributed by atoms with Crippen LogP contribution in [0.3, 0.4) is 0 Å². The molecule has 0 unspecified atom stereocenters. The maximum Gasteiger partial charge on any atom is 0.240 e. The molecular weight excluding hydrogens is 361 g/mol. The van der Waals surface area contributed by atoms with E-state index in [9.17, 15) is 21.2 Å². The molecule has 19 heavy (non-hydrogen) atoms. The lowest BCUT2D eigenvalue weighted by Gasteiger charge is -2.07. The van der Waals surface area contributed by atoms with Crippen LogP contribution in [-0.4, -0.2) is 35.4 Å². The maximum atomic E-state index is 13.2. The van der Waals surface area contributed by atoms with E-state index in [1.807, 2.05) is 0 Å². The summed E-state index contributed by atoms with van der Waals surface area (Å²) in [4.78, 5) is -0.201.